The molecular formula is C38H49N7O2. The number of aryl methyl sites for hydroxylation is 1. The molecule has 9 nitrogen and oxygen atoms in total. The molecule has 1 unspecified atom stereocenters. The van der Waals surface area contributed by atoms with Gasteiger partial charge in [0, 0.05) is 81.0 Å². The first kappa shape index (κ1) is 30.9. The first-order chi connectivity index (χ1) is 23.1. The van der Waals surface area contributed by atoms with Crippen LogP contribution in [0.15, 0.2) is 48.8 Å². The van der Waals surface area contributed by atoms with E-state index in [2.05, 4.69) is 69.2 Å². The number of hydrogen-bond donors (Lipinski definition) is 1. The topological polar surface area (TPSA) is 78.8 Å². The molecule has 1 saturated carbocycles. The van der Waals surface area contributed by atoms with Crippen LogP contribution in [0.25, 0.3) is 21.8 Å². The summed E-state index contributed by atoms with van der Waals surface area (Å²) in [4.78, 5) is 31.2. The van der Waals surface area contributed by atoms with E-state index in [9.17, 15) is 4.79 Å². The molecule has 1 amide bonds. The third-order valence-electron chi connectivity index (χ3n) is 11.1. The number of benzene rings is 1. The summed E-state index contributed by atoms with van der Waals surface area (Å²) in [5.41, 5.74) is 7.38. The molecular weight excluding hydrogens is 586 g/mol. The van der Waals surface area contributed by atoms with Crippen LogP contribution in [-0.2, 0) is 29.0 Å². The van der Waals surface area contributed by atoms with Crippen LogP contribution < -0.4 is 5.32 Å². The minimum absolute atomic E-state index is 0.143. The van der Waals surface area contributed by atoms with Crippen molar-refractivity contribution in [1.82, 2.24) is 34.6 Å². The average Bonchev–Trinajstić information content (AvgIpc) is 3.78. The van der Waals surface area contributed by atoms with Gasteiger partial charge in [0.25, 0.3) is 0 Å². The summed E-state index contributed by atoms with van der Waals surface area (Å²) >= 11 is 0. The van der Waals surface area contributed by atoms with Gasteiger partial charge in [-0.25, -0.2) is 0 Å². The molecule has 0 spiro atoms. The molecule has 5 heterocycles. The normalized spacial score (nSPS) is 23.4. The van der Waals surface area contributed by atoms with E-state index in [0.717, 1.165) is 87.7 Å². The maximum absolute atomic E-state index is 13.7. The standard InChI is InChI=1S/C38H49N7O2/c1-27-22-32(27)29-23-28-6-4-9-35(37(28)41-24-29)44(15-5-14-42-16-12-39-13-17-42)25-33-38-31(10-11-40-33)30-7-2-3-8-34(30)45(38)26-36(46)43-18-20-47-21-19-43/h2-3,7-8,10-11,23-24,27,32,35,39H,4-6,9,12-22,25-26H2,1H3/t27?,32-,35+/m1/s1. The van der Waals surface area contributed by atoms with Crippen molar-refractivity contribution in [2.45, 2.75) is 64.1 Å². The molecule has 4 aromatic rings. The SMILES string of the molecule is CC1C[C@H]1c1cnc2c(c1)CCC[C@@H]2N(CCCN1CCNCC1)Cc1nccc2c3ccccc3n(CC(=O)N3CCOCC3)c12. The number of fused-ring (bicyclic) bond motifs is 4. The number of rotatable bonds is 10. The number of aromatic nitrogens is 3. The predicted molar refractivity (Wildman–Crippen MR) is 185 cm³/mol. The minimum Gasteiger partial charge on any atom is -0.378 e. The fraction of sp³-hybridized carbons (Fsp3) is 0.553. The molecule has 3 aromatic heterocycles. The molecule has 1 aromatic carbocycles. The van der Waals surface area contributed by atoms with Crippen LogP contribution in [0.3, 0.4) is 0 Å². The van der Waals surface area contributed by atoms with Gasteiger partial charge in [0.15, 0.2) is 0 Å². The smallest absolute Gasteiger partial charge is 0.242 e. The van der Waals surface area contributed by atoms with Gasteiger partial charge in [0.1, 0.15) is 6.54 Å². The highest BCUT2D eigenvalue weighted by molar-refractivity contribution is 6.09. The Balaban J connectivity index is 1.14. The van der Waals surface area contributed by atoms with Crippen molar-refractivity contribution in [2.24, 2.45) is 5.92 Å². The maximum atomic E-state index is 13.7. The van der Waals surface area contributed by atoms with Crippen molar-refractivity contribution in [2.75, 3.05) is 65.6 Å². The van der Waals surface area contributed by atoms with E-state index in [-0.39, 0.29) is 11.9 Å². The summed E-state index contributed by atoms with van der Waals surface area (Å²) in [5.74, 6) is 1.61. The minimum atomic E-state index is 0.143. The maximum Gasteiger partial charge on any atom is 0.242 e. The second kappa shape index (κ2) is 13.6. The van der Waals surface area contributed by atoms with E-state index < -0.39 is 0 Å². The molecule has 2 aliphatic carbocycles. The summed E-state index contributed by atoms with van der Waals surface area (Å²) in [7, 11) is 0. The van der Waals surface area contributed by atoms with Crippen molar-refractivity contribution in [1.29, 1.82) is 0 Å². The van der Waals surface area contributed by atoms with Gasteiger partial charge < -0.3 is 24.4 Å². The molecule has 3 fully saturated rings. The summed E-state index contributed by atoms with van der Waals surface area (Å²) in [6, 6.07) is 13.4. The zero-order valence-electron chi connectivity index (χ0n) is 27.9. The number of piperazine rings is 1. The highest BCUT2D eigenvalue weighted by atomic mass is 16.5. The lowest BCUT2D eigenvalue weighted by Gasteiger charge is -2.36. The quantitative estimate of drug-likeness (QED) is 0.270. The van der Waals surface area contributed by atoms with Crippen LogP contribution in [-0.4, -0.2) is 101 Å². The van der Waals surface area contributed by atoms with Crippen LogP contribution in [0.5, 0.6) is 0 Å². The number of para-hydroxylation sites is 1. The molecule has 248 valence electrons. The van der Waals surface area contributed by atoms with Gasteiger partial charge in [0.05, 0.1) is 36.2 Å². The van der Waals surface area contributed by atoms with Gasteiger partial charge in [-0.05, 0) is 73.7 Å². The lowest BCUT2D eigenvalue weighted by atomic mass is 9.89. The molecule has 4 aliphatic rings. The summed E-state index contributed by atoms with van der Waals surface area (Å²) in [6.07, 6.45) is 9.96. The van der Waals surface area contributed by atoms with Crippen molar-refractivity contribution < 1.29 is 9.53 Å². The Hall–Kier alpha value is -3.37. The molecule has 47 heavy (non-hydrogen) atoms. The summed E-state index contributed by atoms with van der Waals surface area (Å²) in [5, 5.41) is 5.84. The van der Waals surface area contributed by atoms with E-state index in [1.165, 1.54) is 40.4 Å². The number of carbonyl (C=O) groups excluding carboxylic acids is 1. The van der Waals surface area contributed by atoms with Gasteiger partial charge in [-0.15, -0.1) is 0 Å². The lowest BCUT2D eigenvalue weighted by molar-refractivity contribution is -0.135. The fourth-order valence-electron chi connectivity index (χ4n) is 8.38. The lowest BCUT2D eigenvalue weighted by Crippen LogP contribution is -2.44. The van der Waals surface area contributed by atoms with E-state index in [0.29, 0.717) is 38.8 Å². The number of pyridine rings is 2. The molecule has 2 saturated heterocycles. The Morgan fingerprint density at radius 3 is 2.72 bits per heavy atom. The average molecular weight is 636 g/mol. The van der Waals surface area contributed by atoms with E-state index >= 15 is 0 Å². The van der Waals surface area contributed by atoms with Gasteiger partial charge in [0.2, 0.25) is 5.91 Å². The van der Waals surface area contributed by atoms with E-state index in [1.54, 1.807) is 0 Å². The Bertz CT molecular complexity index is 1720. The van der Waals surface area contributed by atoms with Gasteiger partial charge in [-0.3, -0.25) is 19.7 Å². The Morgan fingerprint density at radius 2 is 1.89 bits per heavy atom. The molecule has 9 heteroatoms. The van der Waals surface area contributed by atoms with Crippen molar-refractivity contribution in [3.05, 3.63) is 71.3 Å². The monoisotopic (exact) mass is 635 g/mol. The van der Waals surface area contributed by atoms with Crippen LogP contribution in [0.2, 0.25) is 0 Å². The molecule has 0 radical (unpaired) electrons. The van der Waals surface area contributed by atoms with Crippen molar-refractivity contribution in [3.63, 3.8) is 0 Å². The number of amides is 1. The van der Waals surface area contributed by atoms with Crippen LogP contribution in [0.4, 0.5) is 0 Å². The number of nitrogens with one attached hydrogen (secondary N) is 1. The van der Waals surface area contributed by atoms with E-state index in [4.69, 9.17) is 14.7 Å². The largest absolute Gasteiger partial charge is 0.378 e. The highest BCUT2D eigenvalue weighted by Gasteiger charge is 2.36. The molecule has 2 aliphatic heterocycles. The molecule has 8 rings (SSSR count). The predicted octanol–water partition coefficient (Wildman–Crippen LogP) is 4.74. The number of hydrogen-bond acceptors (Lipinski definition) is 7. The summed E-state index contributed by atoms with van der Waals surface area (Å²) < 4.78 is 7.78. The molecule has 3 atom stereocenters. The van der Waals surface area contributed by atoms with E-state index in [1.807, 2.05) is 11.1 Å². The Morgan fingerprint density at radius 1 is 1.06 bits per heavy atom. The number of morpholine rings is 1. The zero-order chi connectivity index (χ0) is 31.7. The zero-order valence-corrected chi connectivity index (χ0v) is 27.9. The van der Waals surface area contributed by atoms with Crippen LogP contribution in [0, 0.1) is 5.92 Å². The second-order valence-electron chi connectivity index (χ2n) is 14.2. The number of carbonyl (C=O) groups is 1. The third-order valence-corrected chi connectivity index (χ3v) is 11.1. The summed E-state index contributed by atoms with van der Waals surface area (Å²) in [6.45, 7) is 12.4. The third kappa shape index (κ3) is 6.43. The Labute approximate surface area is 278 Å². The van der Waals surface area contributed by atoms with Crippen molar-refractivity contribution >= 4 is 27.7 Å². The van der Waals surface area contributed by atoms with Crippen LogP contribution >= 0.6 is 0 Å². The number of nitrogens with zero attached hydrogens (tertiary/aromatic N) is 6. The first-order valence-corrected chi connectivity index (χ1v) is 18.0. The molecule has 1 N–H and O–H groups in total. The highest BCUT2D eigenvalue weighted by Crippen LogP contribution is 2.48. The van der Waals surface area contributed by atoms with Crippen LogP contribution in [0.1, 0.15) is 67.1 Å². The first-order valence-electron chi connectivity index (χ1n) is 18.0. The Kier molecular flexibility index (Phi) is 8.97. The van der Waals surface area contributed by atoms with Gasteiger partial charge >= 0.3 is 0 Å². The van der Waals surface area contributed by atoms with Gasteiger partial charge in [-0.1, -0.05) is 31.2 Å². The second-order valence-corrected chi connectivity index (χ2v) is 14.2. The molecule has 0 bridgehead atoms. The van der Waals surface area contributed by atoms with Gasteiger partial charge in [-0.2, -0.15) is 0 Å². The number of ether oxygens (including phenoxy) is 1. The fourth-order valence-corrected chi connectivity index (χ4v) is 8.38. The van der Waals surface area contributed by atoms with Crippen molar-refractivity contribution in [3.8, 4) is 0 Å².